The average Bonchev–Trinajstić information content (AvgIpc) is 2.74. The number of hydrogen-bond donors (Lipinski definition) is 1. The number of rotatable bonds is 10. The van der Waals surface area contributed by atoms with Gasteiger partial charge in [0.05, 0.1) is 11.9 Å². The van der Waals surface area contributed by atoms with E-state index in [-0.39, 0.29) is 12.5 Å². The van der Waals surface area contributed by atoms with E-state index in [1.807, 2.05) is 50.2 Å². The molecule has 9 heteroatoms. The fraction of sp³-hybridized carbons (Fsp3) is 0.417. The highest BCUT2D eigenvalue weighted by atomic mass is 79.9. The third kappa shape index (κ3) is 7.57. The second kappa shape index (κ2) is 11.7. The number of hydrogen-bond acceptors (Lipinski definition) is 4. The van der Waals surface area contributed by atoms with Crippen molar-refractivity contribution in [3.8, 4) is 0 Å². The topological polar surface area (TPSA) is 86.8 Å². The first-order valence-corrected chi connectivity index (χ1v) is 13.4. The summed E-state index contributed by atoms with van der Waals surface area (Å²) in [5, 5.41) is 2.82. The van der Waals surface area contributed by atoms with Gasteiger partial charge in [-0.2, -0.15) is 0 Å². The summed E-state index contributed by atoms with van der Waals surface area (Å²) in [6.45, 7) is 7.54. The number of halogens is 1. The molecule has 0 heterocycles. The van der Waals surface area contributed by atoms with Crippen LogP contribution >= 0.6 is 15.9 Å². The molecule has 0 aromatic heterocycles. The van der Waals surface area contributed by atoms with Gasteiger partial charge in [-0.1, -0.05) is 47.1 Å². The summed E-state index contributed by atoms with van der Waals surface area (Å²) in [5.41, 5.74) is 2.91. The molecule has 0 aliphatic heterocycles. The summed E-state index contributed by atoms with van der Waals surface area (Å²) in [6.07, 6.45) is 1.85. The summed E-state index contributed by atoms with van der Waals surface area (Å²) in [4.78, 5) is 27.6. The molecule has 2 amide bonds. The third-order valence-corrected chi connectivity index (χ3v) is 6.89. The lowest BCUT2D eigenvalue weighted by atomic mass is 10.1. The number of carbonyl (C=O) groups is 2. The van der Waals surface area contributed by atoms with Crippen LogP contribution < -0.4 is 9.62 Å². The number of nitrogens with one attached hydrogen (secondary N) is 1. The van der Waals surface area contributed by atoms with E-state index in [9.17, 15) is 18.0 Å². The van der Waals surface area contributed by atoms with Crippen LogP contribution in [0, 0.1) is 13.8 Å². The maximum atomic E-state index is 13.5. The van der Waals surface area contributed by atoms with Gasteiger partial charge in [-0.25, -0.2) is 8.42 Å². The Morgan fingerprint density at radius 3 is 2.42 bits per heavy atom. The van der Waals surface area contributed by atoms with Crippen molar-refractivity contribution >= 4 is 43.5 Å². The monoisotopic (exact) mass is 537 g/mol. The Balaban J connectivity index is 2.42. The van der Waals surface area contributed by atoms with Gasteiger partial charge in [-0.3, -0.25) is 13.9 Å². The molecule has 1 unspecified atom stereocenters. The number of benzene rings is 2. The molecule has 1 N–H and O–H groups in total. The number of sulfonamides is 1. The third-order valence-electron chi connectivity index (χ3n) is 5.27. The summed E-state index contributed by atoms with van der Waals surface area (Å²) in [6, 6.07) is 12.1. The van der Waals surface area contributed by atoms with Gasteiger partial charge in [0.25, 0.3) is 0 Å². The fourth-order valence-corrected chi connectivity index (χ4v) is 4.74. The van der Waals surface area contributed by atoms with Crippen LogP contribution in [0.1, 0.15) is 37.0 Å². The molecule has 2 rings (SSSR count). The van der Waals surface area contributed by atoms with E-state index < -0.39 is 28.5 Å². The molecule has 0 aliphatic carbocycles. The van der Waals surface area contributed by atoms with Gasteiger partial charge in [0.15, 0.2) is 0 Å². The van der Waals surface area contributed by atoms with Gasteiger partial charge in [-0.05, 0) is 62.1 Å². The van der Waals surface area contributed by atoms with Gasteiger partial charge >= 0.3 is 0 Å². The first-order chi connectivity index (χ1) is 15.4. The lowest BCUT2D eigenvalue weighted by Crippen LogP contribution is -2.51. The number of nitrogens with zero attached hydrogens (tertiary/aromatic N) is 2. The highest BCUT2D eigenvalue weighted by molar-refractivity contribution is 9.10. The van der Waals surface area contributed by atoms with Gasteiger partial charge < -0.3 is 10.2 Å². The zero-order chi connectivity index (χ0) is 24.8. The highest BCUT2D eigenvalue weighted by Crippen LogP contribution is 2.24. The summed E-state index contributed by atoms with van der Waals surface area (Å²) >= 11 is 3.43. The van der Waals surface area contributed by atoms with Gasteiger partial charge in [-0.15, -0.1) is 0 Å². The van der Waals surface area contributed by atoms with E-state index in [1.54, 1.807) is 19.9 Å². The van der Waals surface area contributed by atoms with Crippen molar-refractivity contribution in [1.29, 1.82) is 0 Å². The van der Waals surface area contributed by atoms with Crippen molar-refractivity contribution in [1.82, 2.24) is 10.2 Å². The van der Waals surface area contributed by atoms with Crippen LogP contribution in [-0.2, 0) is 26.2 Å². The summed E-state index contributed by atoms with van der Waals surface area (Å²) in [5.74, 6) is -0.738. The van der Waals surface area contributed by atoms with E-state index in [0.717, 1.165) is 38.1 Å². The Morgan fingerprint density at radius 1 is 1.12 bits per heavy atom. The molecule has 0 bridgehead atoms. The van der Waals surface area contributed by atoms with Crippen LogP contribution in [0.4, 0.5) is 5.69 Å². The summed E-state index contributed by atoms with van der Waals surface area (Å²) < 4.78 is 27.3. The van der Waals surface area contributed by atoms with E-state index >= 15 is 0 Å². The van der Waals surface area contributed by atoms with E-state index in [0.29, 0.717) is 12.2 Å². The molecule has 0 saturated heterocycles. The lowest BCUT2D eigenvalue weighted by Gasteiger charge is -2.32. The minimum absolute atomic E-state index is 0.170. The van der Waals surface area contributed by atoms with Crippen molar-refractivity contribution in [2.75, 3.05) is 23.7 Å². The normalized spacial score (nSPS) is 12.2. The molecule has 33 heavy (non-hydrogen) atoms. The second-order valence-electron chi connectivity index (χ2n) is 8.18. The number of carbonyl (C=O) groups excluding carboxylic acids is 2. The zero-order valence-corrected chi connectivity index (χ0v) is 22.2. The van der Waals surface area contributed by atoms with Gasteiger partial charge in [0, 0.05) is 17.6 Å². The van der Waals surface area contributed by atoms with E-state index in [4.69, 9.17) is 0 Å². The van der Waals surface area contributed by atoms with Crippen LogP contribution in [0.5, 0.6) is 0 Å². The lowest BCUT2D eigenvalue weighted by molar-refractivity contribution is -0.139. The Hall–Kier alpha value is -2.39. The van der Waals surface area contributed by atoms with E-state index in [2.05, 4.69) is 21.2 Å². The smallest absolute Gasteiger partial charge is 0.244 e. The first-order valence-electron chi connectivity index (χ1n) is 10.8. The minimum Gasteiger partial charge on any atom is -0.354 e. The van der Waals surface area contributed by atoms with Crippen molar-refractivity contribution in [2.24, 2.45) is 0 Å². The molecule has 2 aromatic rings. The molecule has 0 spiro atoms. The van der Waals surface area contributed by atoms with Crippen LogP contribution in [0.25, 0.3) is 0 Å². The average molecular weight is 539 g/mol. The number of anilines is 1. The number of amides is 2. The molecular formula is C24H32BrN3O4S. The summed E-state index contributed by atoms with van der Waals surface area (Å²) in [7, 11) is -3.75. The Kier molecular flexibility index (Phi) is 9.48. The Labute approximate surface area is 205 Å². The van der Waals surface area contributed by atoms with Crippen LogP contribution in [-0.4, -0.2) is 50.5 Å². The Morgan fingerprint density at radius 2 is 1.82 bits per heavy atom. The predicted molar refractivity (Wildman–Crippen MR) is 136 cm³/mol. The second-order valence-corrected chi connectivity index (χ2v) is 11.0. The molecule has 0 radical (unpaired) electrons. The van der Waals surface area contributed by atoms with Crippen LogP contribution in [0.3, 0.4) is 0 Å². The molecule has 0 saturated carbocycles. The Bertz CT molecular complexity index is 1100. The van der Waals surface area contributed by atoms with Crippen LogP contribution in [0.2, 0.25) is 0 Å². The molecule has 0 fully saturated rings. The van der Waals surface area contributed by atoms with Crippen molar-refractivity contribution in [2.45, 2.75) is 46.7 Å². The SMILES string of the molecule is CCCNC(=O)C(C)N(Cc1cccc(Br)c1)C(=O)CN(c1cc(C)ccc1C)S(C)(=O)=O. The maximum Gasteiger partial charge on any atom is 0.244 e. The standard InChI is InChI=1S/C24H32BrN3O4S/c1-6-12-26-24(30)19(4)27(15-20-8-7-9-21(25)14-20)23(29)16-28(33(5,31)32)22-13-17(2)10-11-18(22)3/h7-11,13-14,19H,6,12,15-16H2,1-5H3,(H,26,30). The number of aryl methyl sites for hydroxylation is 2. The largest absolute Gasteiger partial charge is 0.354 e. The van der Waals surface area contributed by atoms with Crippen molar-refractivity contribution in [3.05, 3.63) is 63.6 Å². The van der Waals surface area contributed by atoms with Crippen molar-refractivity contribution < 1.29 is 18.0 Å². The van der Waals surface area contributed by atoms with E-state index in [1.165, 1.54) is 4.90 Å². The van der Waals surface area contributed by atoms with Gasteiger partial charge in [0.1, 0.15) is 12.6 Å². The molecule has 180 valence electrons. The minimum atomic E-state index is -3.75. The maximum absolute atomic E-state index is 13.5. The van der Waals surface area contributed by atoms with Crippen molar-refractivity contribution in [3.63, 3.8) is 0 Å². The molecule has 1 atom stereocenters. The van der Waals surface area contributed by atoms with Crippen LogP contribution in [0.15, 0.2) is 46.9 Å². The highest BCUT2D eigenvalue weighted by Gasteiger charge is 2.30. The quantitative estimate of drug-likeness (QED) is 0.499. The zero-order valence-electron chi connectivity index (χ0n) is 19.8. The molecule has 7 nitrogen and oxygen atoms in total. The molecular weight excluding hydrogens is 506 g/mol. The first kappa shape index (κ1) is 26.9. The molecule has 2 aromatic carbocycles. The fourth-order valence-electron chi connectivity index (χ4n) is 3.39. The molecule has 0 aliphatic rings. The predicted octanol–water partition coefficient (Wildman–Crippen LogP) is 3.78. The van der Waals surface area contributed by atoms with Gasteiger partial charge in [0.2, 0.25) is 21.8 Å².